The molecule has 3 heteroatoms. The molecule has 1 aromatic rings. The Balaban J connectivity index is 2.25. The summed E-state index contributed by atoms with van der Waals surface area (Å²) in [6.45, 7) is 8.45. The summed E-state index contributed by atoms with van der Waals surface area (Å²) in [5.41, 5.74) is 0.628. The third-order valence-corrected chi connectivity index (χ3v) is 3.79. The van der Waals surface area contributed by atoms with Crippen molar-refractivity contribution in [3.63, 3.8) is 0 Å². The highest BCUT2D eigenvalue weighted by Crippen LogP contribution is 2.39. The number of benzene rings is 1. The standard InChI is InChI=1S/C13H19BO2/c1-5-13(4)12(2,3)15-14(16-13)11-9-7-6-8-10-11/h6-10H,5H2,1-4H3. The van der Waals surface area contributed by atoms with Gasteiger partial charge in [-0.15, -0.1) is 0 Å². The monoisotopic (exact) mass is 218 g/mol. The second kappa shape index (κ2) is 3.90. The Bertz CT molecular complexity index is 363. The van der Waals surface area contributed by atoms with Crippen LogP contribution in [0.25, 0.3) is 0 Å². The summed E-state index contributed by atoms with van der Waals surface area (Å²) in [6, 6.07) is 10.1. The minimum Gasteiger partial charge on any atom is -0.399 e. The lowest BCUT2D eigenvalue weighted by Crippen LogP contribution is -2.44. The van der Waals surface area contributed by atoms with Crippen LogP contribution in [0, 0.1) is 0 Å². The van der Waals surface area contributed by atoms with E-state index < -0.39 is 0 Å². The van der Waals surface area contributed by atoms with E-state index in [1.54, 1.807) is 0 Å². The predicted molar refractivity (Wildman–Crippen MR) is 66.8 cm³/mol. The van der Waals surface area contributed by atoms with Crippen molar-refractivity contribution in [2.75, 3.05) is 0 Å². The van der Waals surface area contributed by atoms with Crippen molar-refractivity contribution in [2.45, 2.75) is 45.3 Å². The molecule has 0 amide bonds. The van der Waals surface area contributed by atoms with Gasteiger partial charge in [-0.1, -0.05) is 37.3 Å². The molecule has 0 radical (unpaired) electrons. The molecule has 2 nitrogen and oxygen atoms in total. The molecule has 0 bridgehead atoms. The molecule has 86 valence electrons. The van der Waals surface area contributed by atoms with Gasteiger partial charge in [-0.2, -0.15) is 0 Å². The van der Waals surface area contributed by atoms with Crippen LogP contribution in [-0.4, -0.2) is 18.3 Å². The zero-order chi connectivity index (χ0) is 11.8. The van der Waals surface area contributed by atoms with Gasteiger partial charge < -0.3 is 9.31 Å². The van der Waals surface area contributed by atoms with Crippen LogP contribution in [0.1, 0.15) is 34.1 Å². The molecule has 0 spiro atoms. The second-order valence-corrected chi connectivity index (χ2v) is 5.07. The van der Waals surface area contributed by atoms with E-state index in [0.29, 0.717) is 0 Å². The van der Waals surface area contributed by atoms with Gasteiger partial charge in [0, 0.05) is 0 Å². The number of hydrogen-bond donors (Lipinski definition) is 0. The maximum atomic E-state index is 6.08. The van der Waals surface area contributed by atoms with Gasteiger partial charge in [0.25, 0.3) is 0 Å². The van der Waals surface area contributed by atoms with E-state index in [9.17, 15) is 0 Å². The van der Waals surface area contributed by atoms with Crippen LogP contribution in [-0.2, 0) is 9.31 Å². The molecule has 0 N–H and O–H groups in total. The Hall–Kier alpha value is -0.795. The summed E-state index contributed by atoms with van der Waals surface area (Å²) in [6.07, 6.45) is 0.948. The van der Waals surface area contributed by atoms with Crippen molar-refractivity contribution in [1.82, 2.24) is 0 Å². The van der Waals surface area contributed by atoms with E-state index in [1.165, 1.54) is 0 Å². The van der Waals surface area contributed by atoms with Crippen LogP contribution in [0.2, 0.25) is 0 Å². The molecular formula is C13H19BO2. The minimum absolute atomic E-state index is 0.215. The van der Waals surface area contributed by atoms with Gasteiger partial charge in [-0.25, -0.2) is 0 Å². The second-order valence-electron chi connectivity index (χ2n) is 5.07. The third kappa shape index (κ3) is 1.78. The average molecular weight is 218 g/mol. The molecule has 1 fully saturated rings. The summed E-state index contributed by atoms with van der Waals surface area (Å²) in [7, 11) is -0.235. The molecular weight excluding hydrogens is 199 g/mol. The molecule has 1 unspecified atom stereocenters. The van der Waals surface area contributed by atoms with E-state index >= 15 is 0 Å². The summed E-state index contributed by atoms with van der Waals surface area (Å²) in [5.74, 6) is 0. The number of rotatable bonds is 2. The minimum atomic E-state index is -0.248. The van der Waals surface area contributed by atoms with Crippen LogP contribution >= 0.6 is 0 Å². The van der Waals surface area contributed by atoms with Gasteiger partial charge in [0.1, 0.15) is 0 Å². The van der Waals surface area contributed by atoms with Crippen LogP contribution in [0.3, 0.4) is 0 Å². The maximum Gasteiger partial charge on any atom is 0.494 e. The van der Waals surface area contributed by atoms with E-state index in [2.05, 4.69) is 27.7 Å². The average Bonchev–Trinajstić information content (AvgIpc) is 2.52. The Morgan fingerprint density at radius 1 is 1.06 bits per heavy atom. The normalized spacial score (nSPS) is 28.4. The summed E-state index contributed by atoms with van der Waals surface area (Å²) < 4.78 is 12.1. The van der Waals surface area contributed by atoms with Gasteiger partial charge in [0.2, 0.25) is 0 Å². The first kappa shape index (κ1) is 11.7. The fourth-order valence-electron chi connectivity index (χ4n) is 2.05. The lowest BCUT2D eigenvalue weighted by atomic mass is 9.79. The predicted octanol–water partition coefficient (Wildman–Crippen LogP) is 2.38. The van der Waals surface area contributed by atoms with Crippen molar-refractivity contribution in [3.8, 4) is 0 Å². The lowest BCUT2D eigenvalue weighted by Gasteiger charge is -2.35. The highest BCUT2D eigenvalue weighted by atomic mass is 16.7. The maximum absolute atomic E-state index is 6.08. The molecule has 0 saturated carbocycles. The fraction of sp³-hybridized carbons (Fsp3) is 0.538. The Kier molecular flexibility index (Phi) is 2.85. The molecule has 1 heterocycles. The molecule has 2 rings (SSSR count). The Morgan fingerprint density at radius 2 is 1.69 bits per heavy atom. The lowest BCUT2D eigenvalue weighted by molar-refractivity contribution is -0.0118. The fourth-order valence-corrected chi connectivity index (χ4v) is 2.05. The van der Waals surface area contributed by atoms with Crippen LogP contribution in [0.4, 0.5) is 0 Å². The highest BCUT2D eigenvalue weighted by Gasteiger charge is 2.53. The van der Waals surface area contributed by atoms with E-state index in [-0.39, 0.29) is 18.3 Å². The highest BCUT2D eigenvalue weighted by molar-refractivity contribution is 6.62. The van der Waals surface area contributed by atoms with Crippen molar-refractivity contribution < 1.29 is 9.31 Å². The van der Waals surface area contributed by atoms with Gasteiger partial charge in [-0.05, 0) is 32.7 Å². The van der Waals surface area contributed by atoms with E-state index in [4.69, 9.17) is 9.31 Å². The number of hydrogen-bond acceptors (Lipinski definition) is 2. The SMILES string of the molecule is CCC1(C)OB(c2ccccc2)OC1(C)C. The van der Waals surface area contributed by atoms with Crippen molar-refractivity contribution in [3.05, 3.63) is 30.3 Å². The summed E-state index contributed by atoms with van der Waals surface area (Å²) >= 11 is 0. The topological polar surface area (TPSA) is 18.5 Å². The summed E-state index contributed by atoms with van der Waals surface area (Å²) in [5, 5.41) is 0. The van der Waals surface area contributed by atoms with Crippen molar-refractivity contribution in [1.29, 1.82) is 0 Å². The molecule has 1 aromatic carbocycles. The molecule has 1 saturated heterocycles. The molecule has 16 heavy (non-hydrogen) atoms. The zero-order valence-electron chi connectivity index (χ0n) is 10.5. The Morgan fingerprint density at radius 3 is 2.19 bits per heavy atom. The van der Waals surface area contributed by atoms with Crippen molar-refractivity contribution in [2.24, 2.45) is 0 Å². The molecule has 1 aliphatic rings. The van der Waals surface area contributed by atoms with Gasteiger partial charge in [0.05, 0.1) is 11.2 Å². The van der Waals surface area contributed by atoms with Crippen molar-refractivity contribution >= 4 is 12.6 Å². The first-order chi connectivity index (χ1) is 7.48. The molecule has 0 aromatic heterocycles. The zero-order valence-corrected chi connectivity index (χ0v) is 10.5. The summed E-state index contributed by atoms with van der Waals surface area (Å²) in [4.78, 5) is 0. The smallest absolute Gasteiger partial charge is 0.399 e. The van der Waals surface area contributed by atoms with Crippen LogP contribution in [0.15, 0.2) is 30.3 Å². The van der Waals surface area contributed by atoms with E-state index in [1.807, 2.05) is 30.3 Å². The van der Waals surface area contributed by atoms with E-state index in [0.717, 1.165) is 11.9 Å². The van der Waals surface area contributed by atoms with Gasteiger partial charge in [-0.3, -0.25) is 0 Å². The molecule has 1 atom stereocenters. The molecule has 1 aliphatic heterocycles. The third-order valence-electron chi connectivity index (χ3n) is 3.79. The largest absolute Gasteiger partial charge is 0.494 e. The quantitative estimate of drug-likeness (QED) is 0.709. The first-order valence-corrected chi connectivity index (χ1v) is 5.89. The first-order valence-electron chi connectivity index (χ1n) is 5.89. The van der Waals surface area contributed by atoms with Crippen LogP contribution in [0.5, 0.6) is 0 Å². The molecule has 0 aliphatic carbocycles. The van der Waals surface area contributed by atoms with Crippen LogP contribution < -0.4 is 5.46 Å². The van der Waals surface area contributed by atoms with Gasteiger partial charge >= 0.3 is 7.12 Å². The Labute approximate surface area is 98.1 Å². The van der Waals surface area contributed by atoms with Gasteiger partial charge in [0.15, 0.2) is 0 Å².